The zero-order valence-corrected chi connectivity index (χ0v) is 10.2. The van der Waals surface area contributed by atoms with Crippen LogP contribution in [0, 0.1) is 0 Å². The Morgan fingerprint density at radius 1 is 1.44 bits per heavy atom. The van der Waals surface area contributed by atoms with E-state index in [0.29, 0.717) is 24.4 Å². The molecule has 0 aliphatic carbocycles. The van der Waals surface area contributed by atoms with Gasteiger partial charge in [0.15, 0.2) is 5.65 Å². The second-order valence-corrected chi connectivity index (χ2v) is 4.50. The summed E-state index contributed by atoms with van der Waals surface area (Å²) < 4.78 is 0. The first kappa shape index (κ1) is 11.2. The van der Waals surface area contributed by atoms with Gasteiger partial charge in [0.1, 0.15) is 5.82 Å². The molecule has 2 aromatic heterocycles. The summed E-state index contributed by atoms with van der Waals surface area (Å²) in [4.78, 5) is 19.3. The number of hydrogen-bond donors (Lipinski definition) is 3. The van der Waals surface area contributed by atoms with Crippen LogP contribution in [0.5, 0.6) is 0 Å². The number of carbonyl (C=O) groups is 1. The molecule has 0 bridgehead atoms. The van der Waals surface area contributed by atoms with Crippen LogP contribution in [-0.4, -0.2) is 38.7 Å². The molecule has 7 nitrogen and oxygen atoms in total. The lowest BCUT2D eigenvalue weighted by Crippen LogP contribution is -2.42. The molecule has 1 fully saturated rings. The molecule has 2 aromatic rings. The highest BCUT2D eigenvalue weighted by molar-refractivity contribution is 6.28. The second-order valence-electron chi connectivity index (χ2n) is 4.16. The molecule has 8 heteroatoms. The molecule has 1 aliphatic heterocycles. The highest BCUT2D eigenvalue weighted by Gasteiger charge is 2.19. The van der Waals surface area contributed by atoms with Gasteiger partial charge in [0.25, 0.3) is 0 Å². The number of anilines is 1. The Morgan fingerprint density at radius 3 is 3.11 bits per heavy atom. The van der Waals surface area contributed by atoms with Crippen molar-refractivity contribution in [3.63, 3.8) is 0 Å². The summed E-state index contributed by atoms with van der Waals surface area (Å²) in [5.74, 6) is 0.724. The Bertz CT molecular complexity index is 587. The lowest BCUT2D eigenvalue weighted by Gasteiger charge is -2.24. The van der Waals surface area contributed by atoms with E-state index in [1.54, 1.807) is 6.20 Å². The van der Waals surface area contributed by atoms with Crippen molar-refractivity contribution in [3.05, 3.63) is 11.5 Å². The lowest BCUT2D eigenvalue weighted by atomic mass is 10.1. The Kier molecular flexibility index (Phi) is 2.75. The molecule has 1 saturated heterocycles. The standard InChI is InChI=1S/C10H11ClN6O/c11-10-15-8(6-4-13-17-9(6)16-10)14-5-1-2-7(18)12-3-5/h4-5H,1-3H2,(H,12,18)(H2,13,14,15,16,17). The third kappa shape index (κ3) is 2.08. The third-order valence-corrected chi connectivity index (χ3v) is 3.06. The SMILES string of the molecule is O=C1CCC(Nc2nc(Cl)nc3[nH]ncc23)CN1. The zero-order valence-electron chi connectivity index (χ0n) is 9.40. The van der Waals surface area contributed by atoms with Gasteiger partial charge in [0.2, 0.25) is 11.2 Å². The summed E-state index contributed by atoms with van der Waals surface area (Å²) in [6.07, 6.45) is 2.94. The predicted octanol–water partition coefficient (Wildman–Crippen LogP) is 0.697. The van der Waals surface area contributed by atoms with Crippen molar-refractivity contribution in [2.24, 2.45) is 0 Å². The van der Waals surface area contributed by atoms with Crippen LogP contribution in [0.4, 0.5) is 5.82 Å². The molecule has 1 unspecified atom stereocenters. The van der Waals surface area contributed by atoms with Crippen LogP contribution in [-0.2, 0) is 4.79 Å². The van der Waals surface area contributed by atoms with E-state index in [-0.39, 0.29) is 17.2 Å². The largest absolute Gasteiger partial charge is 0.365 e. The van der Waals surface area contributed by atoms with Gasteiger partial charge in [0, 0.05) is 19.0 Å². The average molecular weight is 267 g/mol. The summed E-state index contributed by atoms with van der Waals surface area (Å²) in [7, 11) is 0. The van der Waals surface area contributed by atoms with Gasteiger partial charge in [-0.2, -0.15) is 15.1 Å². The van der Waals surface area contributed by atoms with Crippen LogP contribution in [0.3, 0.4) is 0 Å². The van der Waals surface area contributed by atoms with Crippen LogP contribution in [0.25, 0.3) is 11.0 Å². The molecular weight excluding hydrogens is 256 g/mol. The number of amides is 1. The van der Waals surface area contributed by atoms with Crippen molar-refractivity contribution in [2.45, 2.75) is 18.9 Å². The van der Waals surface area contributed by atoms with Crippen molar-refractivity contribution in [1.29, 1.82) is 0 Å². The monoisotopic (exact) mass is 266 g/mol. The number of H-pyrrole nitrogens is 1. The molecule has 1 aliphatic rings. The number of aromatic nitrogens is 4. The van der Waals surface area contributed by atoms with Crippen LogP contribution in [0.2, 0.25) is 5.28 Å². The van der Waals surface area contributed by atoms with Gasteiger partial charge in [-0.25, -0.2) is 0 Å². The second kappa shape index (κ2) is 4.41. The summed E-state index contributed by atoms with van der Waals surface area (Å²) in [5, 5.41) is 13.7. The van der Waals surface area contributed by atoms with E-state index in [0.717, 1.165) is 11.8 Å². The maximum absolute atomic E-state index is 11.1. The zero-order chi connectivity index (χ0) is 12.5. The fourth-order valence-electron chi connectivity index (χ4n) is 1.97. The van der Waals surface area contributed by atoms with Gasteiger partial charge in [-0.15, -0.1) is 0 Å². The van der Waals surface area contributed by atoms with Crippen LogP contribution >= 0.6 is 11.6 Å². The molecule has 18 heavy (non-hydrogen) atoms. The minimum Gasteiger partial charge on any atom is -0.365 e. The minimum absolute atomic E-state index is 0.0854. The fourth-order valence-corrected chi connectivity index (χ4v) is 2.14. The van der Waals surface area contributed by atoms with E-state index in [2.05, 4.69) is 30.8 Å². The average Bonchev–Trinajstić information content (AvgIpc) is 2.80. The van der Waals surface area contributed by atoms with E-state index < -0.39 is 0 Å². The molecule has 1 amide bonds. The van der Waals surface area contributed by atoms with Gasteiger partial charge in [-0.3, -0.25) is 9.89 Å². The summed E-state index contributed by atoms with van der Waals surface area (Å²) >= 11 is 5.84. The summed E-state index contributed by atoms with van der Waals surface area (Å²) in [5.41, 5.74) is 0.595. The lowest BCUT2D eigenvalue weighted by molar-refractivity contribution is -0.122. The fraction of sp³-hybridized carbons (Fsp3) is 0.400. The molecule has 1 atom stereocenters. The number of piperidine rings is 1. The molecule has 0 spiro atoms. The van der Waals surface area contributed by atoms with Crippen LogP contribution in [0.1, 0.15) is 12.8 Å². The number of hydrogen-bond acceptors (Lipinski definition) is 5. The Balaban J connectivity index is 1.85. The molecule has 3 N–H and O–H groups in total. The van der Waals surface area contributed by atoms with Crippen LogP contribution < -0.4 is 10.6 Å². The smallest absolute Gasteiger partial charge is 0.226 e. The van der Waals surface area contributed by atoms with E-state index >= 15 is 0 Å². The summed E-state index contributed by atoms with van der Waals surface area (Å²) in [6, 6.07) is 0.145. The number of rotatable bonds is 2. The predicted molar refractivity (Wildman–Crippen MR) is 66.3 cm³/mol. The number of carbonyl (C=O) groups excluding carboxylic acids is 1. The maximum Gasteiger partial charge on any atom is 0.226 e. The van der Waals surface area contributed by atoms with Crippen molar-refractivity contribution < 1.29 is 4.79 Å². The molecule has 94 valence electrons. The summed E-state index contributed by atoms with van der Waals surface area (Å²) in [6.45, 7) is 0.583. The first-order chi connectivity index (χ1) is 8.72. The molecule has 0 radical (unpaired) electrons. The normalized spacial score (nSPS) is 19.8. The van der Waals surface area contributed by atoms with Crippen molar-refractivity contribution in [3.8, 4) is 0 Å². The Morgan fingerprint density at radius 2 is 2.33 bits per heavy atom. The number of halogens is 1. The van der Waals surface area contributed by atoms with E-state index in [9.17, 15) is 4.79 Å². The van der Waals surface area contributed by atoms with Crippen LogP contribution in [0.15, 0.2) is 6.20 Å². The van der Waals surface area contributed by atoms with Crippen molar-refractivity contribution in [1.82, 2.24) is 25.5 Å². The number of fused-ring (bicyclic) bond motifs is 1. The van der Waals surface area contributed by atoms with Crippen molar-refractivity contribution >= 4 is 34.4 Å². The number of nitrogens with zero attached hydrogens (tertiary/aromatic N) is 3. The first-order valence-corrected chi connectivity index (χ1v) is 6.00. The maximum atomic E-state index is 11.1. The van der Waals surface area contributed by atoms with Gasteiger partial charge >= 0.3 is 0 Å². The first-order valence-electron chi connectivity index (χ1n) is 5.62. The molecular formula is C10H11ClN6O. The minimum atomic E-state index is 0.0854. The van der Waals surface area contributed by atoms with Gasteiger partial charge in [-0.1, -0.05) is 0 Å². The number of aromatic amines is 1. The number of nitrogens with one attached hydrogen (secondary N) is 3. The third-order valence-electron chi connectivity index (χ3n) is 2.89. The Labute approximate surface area is 107 Å². The van der Waals surface area contributed by atoms with Gasteiger partial charge < -0.3 is 10.6 Å². The molecule has 3 rings (SSSR count). The quantitative estimate of drug-likeness (QED) is 0.696. The highest BCUT2D eigenvalue weighted by Crippen LogP contribution is 2.21. The van der Waals surface area contributed by atoms with Gasteiger partial charge in [-0.05, 0) is 18.0 Å². The topological polar surface area (TPSA) is 95.6 Å². The Hall–Kier alpha value is -1.89. The molecule has 3 heterocycles. The highest BCUT2D eigenvalue weighted by atomic mass is 35.5. The van der Waals surface area contributed by atoms with E-state index in [1.165, 1.54) is 0 Å². The van der Waals surface area contributed by atoms with Gasteiger partial charge in [0.05, 0.1) is 11.6 Å². The van der Waals surface area contributed by atoms with Crippen molar-refractivity contribution in [2.75, 3.05) is 11.9 Å². The van der Waals surface area contributed by atoms with E-state index in [1.807, 2.05) is 0 Å². The molecule has 0 aromatic carbocycles. The molecule has 0 saturated carbocycles. The van der Waals surface area contributed by atoms with E-state index in [4.69, 9.17) is 11.6 Å².